The first-order valence-corrected chi connectivity index (χ1v) is 10.9. The maximum atomic E-state index is 13.1. The van der Waals surface area contributed by atoms with E-state index in [4.69, 9.17) is 11.6 Å². The van der Waals surface area contributed by atoms with Crippen LogP contribution in [0.25, 0.3) is 5.69 Å². The molecular weight excluding hydrogens is 428 g/mol. The second kappa shape index (κ2) is 9.44. The fourth-order valence-corrected chi connectivity index (χ4v) is 4.27. The summed E-state index contributed by atoms with van der Waals surface area (Å²) in [6.45, 7) is 2.30. The highest BCUT2D eigenvalue weighted by molar-refractivity contribution is 6.30. The van der Waals surface area contributed by atoms with Crippen LogP contribution in [-0.2, 0) is 16.0 Å². The molecule has 1 aliphatic rings. The molecule has 32 heavy (non-hydrogen) atoms. The molecule has 164 valence electrons. The maximum absolute atomic E-state index is 13.1. The summed E-state index contributed by atoms with van der Waals surface area (Å²) in [4.78, 5) is 42.0. The van der Waals surface area contributed by atoms with Crippen molar-refractivity contribution >= 4 is 29.1 Å². The Balaban J connectivity index is 1.45. The lowest BCUT2D eigenvalue weighted by Gasteiger charge is -2.15. The predicted octanol–water partition coefficient (Wildman–Crippen LogP) is 3.54. The minimum Gasteiger partial charge on any atom is -0.351 e. The minimum atomic E-state index is -0.753. The quantitative estimate of drug-likeness (QED) is 0.555. The number of ketones is 2. The van der Waals surface area contributed by atoms with Crippen molar-refractivity contribution in [3.8, 4) is 5.69 Å². The lowest BCUT2D eigenvalue weighted by Crippen LogP contribution is -2.27. The van der Waals surface area contributed by atoms with Crippen LogP contribution in [0.3, 0.4) is 0 Å². The number of Topliss-reactive ketones (excluding diaryl/α,β-unsaturated/α-hetero) is 2. The summed E-state index contributed by atoms with van der Waals surface area (Å²) in [5, 5.41) is 7.53. The molecular formula is C24H23ClN4O3. The van der Waals surface area contributed by atoms with E-state index in [1.807, 2.05) is 25.1 Å². The third-order valence-corrected chi connectivity index (χ3v) is 5.96. The number of nitrogens with zero attached hydrogens (tertiary/aromatic N) is 3. The van der Waals surface area contributed by atoms with E-state index in [1.54, 1.807) is 41.5 Å². The first-order chi connectivity index (χ1) is 15.5. The van der Waals surface area contributed by atoms with Crippen molar-refractivity contribution in [1.82, 2.24) is 20.1 Å². The van der Waals surface area contributed by atoms with Gasteiger partial charge in [-0.05, 0) is 48.2 Å². The maximum Gasteiger partial charge on any atom is 0.269 e. The van der Waals surface area contributed by atoms with Gasteiger partial charge >= 0.3 is 0 Å². The van der Waals surface area contributed by atoms with Crippen molar-refractivity contribution in [3.63, 3.8) is 0 Å². The number of aryl methyl sites for hydroxylation is 1. The second-order valence-electron chi connectivity index (χ2n) is 7.80. The van der Waals surface area contributed by atoms with Crippen molar-refractivity contribution in [2.75, 3.05) is 6.54 Å². The number of pyridine rings is 1. The number of halogens is 1. The molecule has 0 spiro atoms. The zero-order chi connectivity index (χ0) is 22.7. The first kappa shape index (κ1) is 21.9. The summed E-state index contributed by atoms with van der Waals surface area (Å²) < 4.78 is 1.66. The van der Waals surface area contributed by atoms with Gasteiger partial charge in [0.05, 0.1) is 16.9 Å². The summed E-state index contributed by atoms with van der Waals surface area (Å²) in [7, 11) is 0. The first-order valence-electron chi connectivity index (χ1n) is 10.6. The Labute approximate surface area is 190 Å². The van der Waals surface area contributed by atoms with Crippen LogP contribution in [0.15, 0.2) is 55.0 Å². The molecule has 7 nitrogen and oxygen atoms in total. The third kappa shape index (κ3) is 4.48. The topological polar surface area (TPSA) is 93.9 Å². The van der Waals surface area contributed by atoms with Gasteiger partial charge in [0.15, 0.2) is 5.78 Å². The molecule has 1 aliphatic carbocycles. The number of hydrogen-bond acceptors (Lipinski definition) is 5. The molecule has 2 heterocycles. The second-order valence-corrected chi connectivity index (χ2v) is 8.24. The average Bonchev–Trinajstić information content (AvgIpc) is 3.36. The van der Waals surface area contributed by atoms with Crippen LogP contribution in [0.5, 0.6) is 0 Å². The van der Waals surface area contributed by atoms with E-state index >= 15 is 0 Å². The molecule has 2 aromatic heterocycles. The Bertz CT molecular complexity index is 1160. The minimum absolute atomic E-state index is 0.0689. The predicted molar refractivity (Wildman–Crippen MR) is 120 cm³/mol. The molecule has 2 unspecified atom stereocenters. The number of carbonyl (C=O) groups excluding carboxylic acids is 3. The van der Waals surface area contributed by atoms with Gasteiger partial charge in [-0.15, -0.1) is 0 Å². The van der Waals surface area contributed by atoms with Crippen LogP contribution in [0, 0.1) is 5.92 Å². The fraction of sp³-hybridized carbons (Fsp3) is 0.292. The van der Waals surface area contributed by atoms with Crippen molar-refractivity contribution in [1.29, 1.82) is 0 Å². The van der Waals surface area contributed by atoms with Gasteiger partial charge in [-0.1, -0.05) is 30.7 Å². The van der Waals surface area contributed by atoms with Gasteiger partial charge in [-0.25, -0.2) is 4.68 Å². The number of rotatable bonds is 7. The van der Waals surface area contributed by atoms with E-state index in [0.29, 0.717) is 30.1 Å². The molecule has 0 radical (unpaired) electrons. The summed E-state index contributed by atoms with van der Waals surface area (Å²) in [5.74, 6) is -1.59. The van der Waals surface area contributed by atoms with Gasteiger partial charge < -0.3 is 5.32 Å². The van der Waals surface area contributed by atoms with Gasteiger partial charge in [-0.2, -0.15) is 5.10 Å². The van der Waals surface area contributed by atoms with Crippen LogP contribution in [-0.4, -0.2) is 38.8 Å². The van der Waals surface area contributed by atoms with Gasteiger partial charge in [0.1, 0.15) is 17.4 Å². The van der Waals surface area contributed by atoms with E-state index in [-0.39, 0.29) is 23.9 Å². The zero-order valence-corrected chi connectivity index (χ0v) is 18.4. The van der Waals surface area contributed by atoms with Crippen molar-refractivity contribution in [2.24, 2.45) is 5.92 Å². The Morgan fingerprint density at radius 1 is 1.25 bits per heavy atom. The van der Waals surface area contributed by atoms with Gasteiger partial charge in [0, 0.05) is 31.3 Å². The molecule has 1 amide bonds. The SMILES string of the molecule is CCc1cc(-n2cc(Cl)cn2)ccc1C1C(=O)CC(CCNC(=O)c2ccccn2)C1=O. The number of amides is 1. The molecule has 4 rings (SSSR count). The number of carbonyl (C=O) groups is 3. The normalized spacial score (nSPS) is 18.2. The van der Waals surface area contributed by atoms with Crippen molar-refractivity contribution in [3.05, 3.63) is 76.8 Å². The number of aromatic nitrogens is 3. The summed E-state index contributed by atoms with van der Waals surface area (Å²) in [6, 6.07) is 10.7. The highest BCUT2D eigenvalue weighted by Gasteiger charge is 2.42. The Morgan fingerprint density at radius 2 is 2.09 bits per heavy atom. The van der Waals surface area contributed by atoms with E-state index in [2.05, 4.69) is 15.4 Å². The van der Waals surface area contributed by atoms with Crippen LogP contribution < -0.4 is 5.32 Å². The highest BCUT2D eigenvalue weighted by atomic mass is 35.5. The standard InChI is InChI=1S/C24H23ClN4O3/c1-2-15-11-18(29-14-17(25)13-28-29)6-7-19(15)22-21(30)12-16(23(22)31)8-10-27-24(32)20-5-3-4-9-26-20/h3-7,9,11,13-14,16,22H,2,8,10,12H2,1H3,(H,27,32). The van der Waals surface area contributed by atoms with Crippen LogP contribution in [0.1, 0.15) is 47.3 Å². The van der Waals surface area contributed by atoms with E-state index < -0.39 is 11.8 Å². The van der Waals surface area contributed by atoms with Crippen LogP contribution in [0.4, 0.5) is 0 Å². The van der Waals surface area contributed by atoms with Crippen molar-refractivity contribution < 1.29 is 14.4 Å². The average molecular weight is 451 g/mol. The molecule has 2 atom stereocenters. The molecule has 0 bridgehead atoms. The molecule has 3 aromatic rings. The van der Waals surface area contributed by atoms with Gasteiger partial charge in [-0.3, -0.25) is 19.4 Å². The molecule has 1 fully saturated rings. The molecule has 0 saturated heterocycles. The van der Waals surface area contributed by atoms with Gasteiger partial charge in [0.25, 0.3) is 5.91 Å². The Kier molecular flexibility index (Phi) is 6.46. The Morgan fingerprint density at radius 3 is 2.78 bits per heavy atom. The Hall–Kier alpha value is -3.32. The highest BCUT2D eigenvalue weighted by Crippen LogP contribution is 2.36. The molecule has 0 aliphatic heterocycles. The smallest absolute Gasteiger partial charge is 0.269 e. The summed E-state index contributed by atoms with van der Waals surface area (Å²) in [5.41, 5.74) is 2.84. The van der Waals surface area contributed by atoms with E-state index in [9.17, 15) is 14.4 Å². The fourth-order valence-electron chi connectivity index (χ4n) is 4.14. The van der Waals surface area contributed by atoms with Crippen molar-refractivity contribution in [2.45, 2.75) is 32.1 Å². The summed E-state index contributed by atoms with van der Waals surface area (Å²) in [6.07, 6.45) is 6.11. The lowest BCUT2D eigenvalue weighted by molar-refractivity contribution is -0.124. The van der Waals surface area contributed by atoms with E-state index in [1.165, 1.54) is 0 Å². The largest absolute Gasteiger partial charge is 0.351 e. The van der Waals surface area contributed by atoms with Crippen LogP contribution in [0.2, 0.25) is 5.02 Å². The number of hydrogen-bond donors (Lipinski definition) is 1. The van der Waals surface area contributed by atoms with E-state index in [0.717, 1.165) is 16.8 Å². The van der Waals surface area contributed by atoms with Crippen LogP contribution >= 0.6 is 11.6 Å². The number of benzene rings is 1. The monoisotopic (exact) mass is 450 g/mol. The lowest BCUT2D eigenvalue weighted by atomic mass is 9.88. The summed E-state index contributed by atoms with van der Waals surface area (Å²) >= 11 is 5.97. The molecule has 1 N–H and O–H groups in total. The zero-order valence-electron chi connectivity index (χ0n) is 17.6. The van der Waals surface area contributed by atoms with Gasteiger partial charge in [0.2, 0.25) is 0 Å². The third-order valence-electron chi connectivity index (χ3n) is 5.77. The molecule has 1 saturated carbocycles. The molecule has 8 heteroatoms. The number of nitrogens with one attached hydrogen (secondary N) is 1. The molecule has 1 aromatic carbocycles.